The van der Waals surface area contributed by atoms with E-state index in [1.807, 2.05) is 39.0 Å². The van der Waals surface area contributed by atoms with Crippen molar-refractivity contribution in [2.45, 2.75) is 45.1 Å². The van der Waals surface area contributed by atoms with Gasteiger partial charge in [0.05, 0.1) is 15.1 Å². The van der Waals surface area contributed by atoms with Crippen molar-refractivity contribution in [1.82, 2.24) is 8.87 Å². The summed E-state index contributed by atoms with van der Waals surface area (Å²) in [6.45, 7) is 6.97. The number of aryl methyl sites for hydroxylation is 3. The highest BCUT2D eigenvalue weighted by Gasteiger charge is 2.32. The molecule has 4 rings (SSSR count). The molecule has 1 aliphatic rings. The number of carbonyl (C=O) groups excluding carboxylic acids is 1. The largest absolute Gasteiger partial charge is 0.326 e. The highest BCUT2D eigenvalue weighted by atomic mass is 32.2. The summed E-state index contributed by atoms with van der Waals surface area (Å²) < 4.78 is 30.1. The number of thiazole rings is 1. The van der Waals surface area contributed by atoms with Crippen LogP contribution in [0.2, 0.25) is 0 Å². The van der Waals surface area contributed by atoms with E-state index in [0.717, 1.165) is 33.7 Å². The predicted molar refractivity (Wildman–Crippen MR) is 128 cm³/mol. The third-order valence-electron chi connectivity index (χ3n) is 6.06. The Morgan fingerprint density at radius 1 is 1.12 bits per heavy atom. The summed E-state index contributed by atoms with van der Waals surface area (Å²) in [5, 5.41) is 2.99. The molecule has 1 saturated heterocycles. The molecular formula is C23H27N3O4S2. The van der Waals surface area contributed by atoms with Gasteiger partial charge in [-0.15, -0.1) is 0 Å². The van der Waals surface area contributed by atoms with E-state index in [0.29, 0.717) is 24.1 Å². The summed E-state index contributed by atoms with van der Waals surface area (Å²) in [5.41, 5.74) is 3.69. The quantitative estimate of drug-likeness (QED) is 0.611. The van der Waals surface area contributed by atoms with Gasteiger partial charge in [0.25, 0.3) is 0 Å². The molecule has 1 amide bonds. The number of benzene rings is 2. The zero-order chi connectivity index (χ0) is 23.0. The van der Waals surface area contributed by atoms with Crippen LogP contribution in [0.4, 0.5) is 5.69 Å². The minimum Gasteiger partial charge on any atom is -0.326 e. The Hall–Kier alpha value is -2.49. The van der Waals surface area contributed by atoms with E-state index in [9.17, 15) is 18.0 Å². The van der Waals surface area contributed by atoms with E-state index < -0.39 is 10.0 Å². The third kappa shape index (κ3) is 4.24. The second-order valence-electron chi connectivity index (χ2n) is 8.23. The fourth-order valence-electron chi connectivity index (χ4n) is 4.20. The Kier molecular flexibility index (Phi) is 6.24. The molecule has 0 aliphatic carbocycles. The summed E-state index contributed by atoms with van der Waals surface area (Å²) in [7, 11) is -3.69. The molecule has 0 saturated carbocycles. The van der Waals surface area contributed by atoms with Gasteiger partial charge in [0.2, 0.25) is 15.9 Å². The maximum atomic E-state index is 13.2. The van der Waals surface area contributed by atoms with Gasteiger partial charge in [-0.05, 0) is 63.4 Å². The summed E-state index contributed by atoms with van der Waals surface area (Å²) in [4.78, 5) is 24.9. The molecule has 0 bridgehead atoms. The number of rotatable bonds is 5. The van der Waals surface area contributed by atoms with Crippen molar-refractivity contribution in [3.63, 3.8) is 0 Å². The lowest BCUT2D eigenvalue weighted by Crippen LogP contribution is -2.41. The van der Waals surface area contributed by atoms with Crippen LogP contribution in [0.1, 0.15) is 30.9 Å². The molecule has 32 heavy (non-hydrogen) atoms. The lowest BCUT2D eigenvalue weighted by Gasteiger charge is -2.30. The number of amides is 1. The molecular weight excluding hydrogens is 446 g/mol. The van der Waals surface area contributed by atoms with Gasteiger partial charge in [-0.2, -0.15) is 4.31 Å². The van der Waals surface area contributed by atoms with Crippen LogP contribution in [0.3, 0.4) is 0 Å². The van der Waals surface area contributed by atoms with Gasteiger partial charge in [-0.3, -0.25) is 14.2 Å². The molecule has 7 nitrogen and oxygen atoms in total. The van der Waals surface area contributed by atoms with Gasteiger partial charge >= 0.3 is 4.87 Å². The number of anilines is 1. The van der Waals surface area contributed by atoms with Crippen LogP contribution >= 0.6 is 11.3 Å². The average Bonchev–Trinajstić information content (AvgIpc) is 3.09. The minimum atomic E-state index is -3.69. The summed E-state index contributed by atoms with van der Waals surface area (Å²) >= 11 is 1.06. The molecule has 0 unspecified atom stereocenters. The first-order valence-corrected chi connectivity index (χ1v) is 13.0. The van der Waals surface area contributed by atoms with Crippen molar-refractivity contribution in [1.29, 1.82) is 0 Å². The molecule has 1 N–H and O–H groups in total. The van der Waals surface area contributed by atoms with Crippen LogP contribution in [0, 0.1) is 19.8 Å². The number of fused-ring (bicyclic) bond motifs is 1. The molecule has 1 aromatic heterocycles. The Labute approximate surface area is 191 Å². The van der Waals surface area contributed by atoms with Gasteiger partial charge in [-0.1, -0.05) is 29.0 Å². The Morgan fingerprint density at radius 3 is 2.50 bits per heavy atom. The van der Waals surface area contributed by atoms with Crippen molar-refractivity contribution in [3.05, 3.63) is 57.2 Å². The first-order valence-electron chi connectivity index (χ1n) is 10.7. The standard InChI is InChI=1S/C23H27N3O4S2/c1-4-26-20-8-6-18(14-21(20)31-23(26)28)32(29,30)25-11-9-17(10-12-25)22(27)24-19-7-5-15(2)13-16(19)3/h5-8,13-14,17H,4,9-12H2,1-3H3,(H,24,27). The fourth-order valence-corrected chi connectivity index (χ4v) is 6.77. The number of nitrogens with one attached hydrogen (secondary N) is 1. The van der Waals surface area contributed by atoms with Gasteiger partial charge in [0.1, 0.15) is 0 Å². The SMILES string of the molecule is CCn1c(=O)sc2cc(S(=O)(=O)N3CCC(C(=O)Nc4ccc(C)cc4C)CC3)ccc21. The maximum absolute atomic E-state index is 13.2. The molecule has 0 atom stereocenters. The highest BCUT2D eigenvalue weighted by molar-refractivity contribution is 7.89. The number of hydrogen-bond acceptors (Lipinski definition) is 5. The van der Waals surface area contributed by atoms with Gasteiger partial charge in [0.15, 0.2) is 0 Å². The van der Waals surface area contributed by atoms with Crippen LogP contribution < -0.4 is 10.2 Å². The molecule has 2 aromatic carbocycles. The number of sulfonamides is 1. The van der Waals surface area contributed by atoms with Crippen molar-refractivity contribution < 1.29 is 13.2 Å². The van der Waals surface area contributed by atoms with E-state index >= 15 is 0 Å². The predicted octanol–water partition coefficient (Wildman–Crippen LogP) is 3.74. The van der Waals surface area contributed by atoms with E-state index in [1.165, 1.54) is 4.31 Å². The van der Waals surface area contributed by atoms with Crippen LogP contribution in [-0.2, 0) is 21.4 Å². The van der Waals surface area contributed by atoms with Crippen LogP contribution in [0.25, 0.3) is 10.2 Å². The highest BCUT2D eigenvalue weighted by Crippen LogP contribution is 2.28. The van der Waals surface area contributed by atoms with Crippen molar-refractivity contribution >= 4 is 43.2 Å². The zero-order valence-corrected chi connectivity index (χ0v) is 20.1. The second kappa shape index (κ2) is 8.80. The topological polar surface area (TPSA) is 88.5 Å². The van der Waals surface area contributed by atoms with Crippen molar-refractivity contribution in [2.75, 3.05) is 18.4 Å². The molecule has 0 radical (unpaired) electrons. The van der Waals surface area contributed by atoms with Crippen molar-refractivity contribution in [3.8, 4) is 0 Å². The smallest absolute Gasteiger partial charge is 0.308 e. The number of piperidine rings is 1. The van der Waals surface area contributed by atoms with E-state index in [2.05, 4.69) is 5.32 Å². The number of carbonyl (C=O) groups is 1. The zero-order valence-electron chi connectivity index (χ0n) is 18.4. The lowest BCUT2D eigenvalue weighted by atomic mass is 9.97. The molecule has 2 heterocycles. The maximum Gasteiger partial charge on any atom is 0.308 e. The normalized spacial score (nSPS) is 15.8. The molecule has 1 fully saturated rings. The average molecular weight is 474 g/mol. The lowest BCUT2D eigenvalue weighted by molar-refractivity contribution is -0.120. The molecule has 170 valence electrons. The van der Waals surface area contributed by atoms with Crippen molar-refractivity contribution in [2.24, 2.45) is 5.92 Å². The fraction of sp³-hybridized carbons (Fsp3) is 0.391. The van der Waals surface area contributed by atoms with Gasteiger partial charge in [-0.25, -0.2) is 8.42 Å². The molecule has 9 heteroatoms. The monoisotopic (exact) mass is 473 g/mol. The summed E-state index contributed by atoms with van der Waals surface area (Å²) in [5.74, 6) is -0.297. The first-order chi connectivity index (χ1) is 15.2. The minimum absolute atomic E-state index is 0.0684. The first kappa shape index (κ1) is 22.7. The second-order valence-corrected chi connectivity index (χ2v) is 11.2. The van der Waals surface area contributed by atoms with Crippen LogP contribution in [-0.4, -0.2) is 36.3 Å². The van der Waals surface area contributed by atoms with E-state index in [-0.39, 0.29) is 34.7 Å². The summed E-state index contributed by atoms with van der Waals surface area (Å²) in [6.07, 6.45) is 0.940. The van der Waals surface area contributed by atoms with Gasteiger partial charge < -0.3 is 5.32 Å². The van der Waals surface area contributed by atoms with Crippen LogP contribution in [0.15, 0.2) is 46.1 Å². The molecule has 0 spiro atoms. The van der Waals surface area contributed by atoms with E-state index in [1.54, 1.807) is 22.8 Å². The Bertz CT molecular complexity index is 1330. The van der Waals surface area contributed by atoms with Crippen LogP contribution in [0.5, 0.6) is 0 Å². The number of hydrogen-bond donors (Lipinski definition) is 1. The van der Waals surface area contributed by atoms with Gasteiger partial charge in [0, 0.05) is 31.2 Å². The summed E-state index contributed by atoms with van der Waals surface area (Å²) in [6, 6.07) is 10.7. The third-order valence-corrected chi connectivity index (χ3v) is 8.89. The van der Waals surface area contributed by atoms with E-state index in [4.69, 9.17) is 0 Å². The molecule has 3 aromatic rings. The number of nitrogens with zero attached hydrogens (tertiary/aromatic N) is 2. The number of aromatic nitrogens is 1. The Balaban J connectivity index is 1.45. The Morgan fingerprint density at radius 2 is 1.84 bits per heavy atom. The molecule has 1 aliphatic heterocycles.